The Morgan fingerprint density at radius 1 is 0.812 bits per heavy atom. The van der Waals surface area contributed by atoms with Gasteiger partial charge in [0, 0.05) is 6.54 Å². The Bertz CT molecular complexity index is 884. The molecule has 8 nitrogen and oxygen atoms in total. The normalized spacial score (nSPS) is 10.7. The van der Waals surface area contributed by atoms with Crippen molar-refractivity contribution in [2.45, 2.75) is 33.0 Å². The smallest absolute Gasteiger partial charge is 0.412 e. The zero-order chi connectivity index (χ0) is 23.0. The van der Waals surface area contributed by atoms with Crippen LogP contribution in [0.2, 0.25) is 0 Å². The first-order valence-electron chi connectivity index (χ1n) is 10.4. The number of carbonyl (C=O) groups excluding carboxylic acids is 3. The summed E-state index contributed by atoms with van der Waals surface area (Å²) in [6.45, 7) is 2.46. The molecule has 0 aliphatic heterocycles. The topological polar surface area (TPSA) is 103 Å². The third-order valence-corrected chi connectivity index (χ3v) is 4.16. The van der Waals surface area contributed by atoms with E-state index in [4.69, 9.17) is 14.2 Å². The van der Waals surface area contributed by atoms with Crippen molar-refractivity contribution < 1.29 is 28.6 Å². The highest BCUT2D eigenvalue weighted by atomic mass is 16.6. The minimum Gasteiger partial charge on any atom is -0.461 e. The number of hydrogen-bond acceptors (Lipinski definition) is 6. The molecule has 0 aromatic heterocycles. The van der Waals surface area contributed by atoms with Crippen LogP contribution in [0.15, 0.2) is 72.4 Å². The monoisotopic (exact) mass is 440 g/mol. The van der Waals surface area contributed by atoms with Gasteiger partial charge < -0.3 is 19.5 Å². The molecule has 2 aromatic carbocycles. The van der Waals surface area contributed by atoms with Gasteiger partial charge in [-0.15, -0.1) is 0 Å². The number of allylic oxidation sites excluding steroid dienone is 1. The average Bonchev–Trinajstić information content (AvgIpc) is 2.82. The highest BCUT2D eigenvalue weighted by Crippen LogP contribution is 2.04. The van der Waals surface area contributed by atoms with E-state index in [1.54, 1.807) is 13.0 Å². The van der Waals surface area contributed by atoms with Crippen molar-refractivity contribution in [3.63, 3.8) is 0 Å². The first-order chi connectivity index (χ1) is 15.6. The van der Waals surface area contributed by atoms with Crippen molar-refractivity contribution in [1.82, 2.24) is 10.6 Å². The molecule has 0 heterocycles. The van der Waals surface area contributed by atoms with Crippen LogP contribution >= 0.6 is 0 Å². The van der Waals surface area contributed by atoms with Crippen LogP contribution in [-0.4, -0.2) is 31.3 Å². The van der Waals surface area contributed by atoms with E-state index in [-0.39, 0.29) is 25.5 Å². The van der Waals surface area contributed by atoms with E-state index < -0.39 is 18.2 Å². The summed E-state index contributed by atoms with van der Waals surface area (Å²) in [5.74, 6) is -0.653. The second-order valence-electron chi connectivity index (χ2n) is 6.66. The maximum Gasteiger partial charge on any atom is 0.412 e. The quantitative estimate of drug-likeness (QED) is 0.236. The van der Waals surface area contributed by atoms with Crippen LogP contribution in [-0.2, 0) is 32.2 Å². The van der Waals surface area contributed by atoms with E-state index >= 15 is 0 Å². The number of esters is 1. The number of rotatable bonds is 11. The summed E-state index contributed by atoms with van der Waals surface area (Å²) in [4.78, 5) is 35.9. The van der Waals surface area contributed by atoms with Gasteiger partial charge in [0.2, 0.25) is 0 Å². The standard InChI is InChI=1S/C24H28N2O6/c1-2-30-22(27)21(26-24(29)32-18-20-13-7-4-8-14-20)15-9-10-16-25-23(28)31-17-19-11-5-3-6-12-19/h3-8,11-15H,2,9-10,16-18H2,1H3,(H,25,28)(H,26,29)/b21-15-. The fraction of sp³-hybridized carbons (Fsp3) is 0.292. The van der Waals surface area contributed by atoms with Crippen LogP contribution in [0.25, 0.3) is 0 Å². The fourth-order valence-corrected chi connectivity index (χ4v) is 2.58. The molecule has 32 heavy (non-hydrogen) atoms. The van der Waals surface area contributed by atoms with E-state index in [9.17, 15) is 14.4 Å². The molecule has 2 N–H and O–H groups in total. The minimum atomic E-state index is -0.754. The largest absolute Gasteiger partial charge is 0.461 e. The third-order valence-electron chi connectivity index (χ3n) is 4.16. The van der Waals surface area contributed by atoms with Gasteiger partial charge in [-0.3, -0.25) is 5.32 Å². The van der Waals surface area contributed by atoms with Gasteiger partial charge in [0.25, 0.3) is 0 Å². The van der Waals surface area contributed by atoms with Gasteiger partial charge in [-0.05, 0) is 30.9 Å². The summed E-state index contributed by atoms with van der Waals surface area (Å²) in [6.07, 6.45) is 1.22. The molecule has 2 amide bonds. The summed E-state index contributed by atoms with van der Waals surface area (Å²) in [7, 11) is 0. The zero-order valence-electron chi connectivity index (χ0n) is 18.0. The van der Waals surface area contributed by atoms with Crippen molar-refractivity contribution in [3.05, 3.63) is 83.6 Å². The molecule has 0 radical (unpaired) electrons. The Balaban J connectivity index is 1.73. The van der Waals surface area contributed by atoms with E-state index in [2.05, 4.69) is 10.6 Å². The lowest BCUT2D eigenvalue weighted by molar-refractivity contribution is -0.138. The summed E-state index contributed by atoms with van der Waals surface area (Å²) in [5, 5.41) is 5.07. The number of unbranched alkanes of at least 4 members (excludes halogenated alkanes) is 1. The predicted octanol–water partition coefficient (Wildman–Crippen LogP) is 4.07. The number of nitrogens with one attached hydrogen (secondary N) is 2. The van der Waals surface area contributed by atoms with Crippen LogP contribution in [0.1, 0.15) is 30.9 Å². The number of amides is 2. The number of benzene rings is 2. The Hall–Kier alpha value is -3.81. The molecule has 170 valence electrons. The van der Waals surface area contributed by atoms with E-state index in [1.807, 2.05) is 60.7 Å². The highest BCUT2D eigenvalue weighted by molar-refractivity contribution is 5.92. The molecule has 0 spiro atoms. The molecule has 8 heteroatoms. The lowest BCUT2D eigenvalue weighted by atomic mass is 10.2. The van der Waals surface area contributed by atoms with Crippen LogP contribution < -0.4 is 10.6 Å². The zero-order valence-corrected chi connectivity index (χ0v) is 18.0. The number of carbonyl (C=O) groups is 3. The van der Waals surface area contributed by atoms with Crippen LogP contribution in [0.5, 0.6) is 0 Å². The molecule has 0 atom stereocenters. The molecule has 0 saturated heterocycles. The molecule has 2 aromatic rings. The molecule has 0 aliphatic carbocycles. The van der Waals surface area contributed by atoms with Crippen LogP contribution in [0.3, 0.4) is 0 Å². The Morgan fingerprint density at radius 3 is 1.94 bits per heavy atom. The van der Waals surface area contributed by atoms with Crippen LogP contribution in [0.4, 0.5) is 9.59 Å². The molecule has 0 fully saturated rings. The average molecular weight is 440 g/mol. The summed E-state index contributed by atoms with van der Waals surface area (Å²) in [5.41, 5.74) is 1.72. The first-order valence-corrected chi connectivity index (χ1v) is 10.4. The van der Waals surface area contributed by atoms with Gasteiger partial charge in [0.15, 0.2) is 0 Å². The molecule has 0 unspecified atom stereocenters. The van der Waals surface area contributed by atoms with Crippen molar-refractivity contribution in [3.8, 4) is 0 Å². The molecule has 0 bridgehead atoms. The number of hydrogen-bond donors (Lipinski definition) is 2. The maximum atomic E-state index is 12.1. The van der Waals surface area contributed by atoms with Gasteiger partial charge in [-0.25, -0.2) is 14.4 Å². The summed E-state index contributed by atoms with van der Waals surface area (Å²) in [6, 6.07) is 18.6. The fourth-order valence-electron chi connectivity index (χ4n) is 2.58. The summed E-state index contributed by atoms with van der Waals surface area (Å²) < 4.78 is 15.2. The Labute approximate surface area is 187 Å². The van der Waals surface area contributed by atoms with Crippen molar-refractivity contribution in [1.29, 1.82) is 0 Å². The molecule has 2 rings (SSSR count). The lowest BCUT2D eigenvalue weighted by Gasteiger charge is -2.10. The van der Waals surface area contributed by atoms with Gasteiger partial charge in [0.1, 0.15) is 18.9 Å². The molecule has 0 aliphatic rings. The SMILES string of the molecule is CCOC(=O)/C(=C/CCCNC(=O)OCc1ccccc1)NC(=O)OCc1ccccc1. The van der Waals surface area contributed by atoms with Gasteiger partial charge in [0.05, 0.1) is 6.61 Å². The second-order valence-corrected chi connectivity index (χ2v) is 6.66. The van der Waals surface area contributed by atoms with Crippen molar-refractivity contribution in [2.24, 2.45) is 0 Å². The summed E-state index contributed by atoms with van der Waals surface area (Å²) >= 11 is 0. The number of alkyl carbamates (subject to hydrolysis) is 2. The maximum absolute atomic E-state index is 12.1. The molecular weight excluding hydrogens is 412 g/mol. The Morgan fingerprint density at radius 2 is 1.38 bits per heavy atom. The highest BCUT2D eigenvalue weighted by Gasteiger charge is 2.14. The molecular formula is C24H28N2O6. The van der Waals surface area contributed by atoms with Gasteiger partial charge in [-0.1, -0.05) is 66.7 Å². The Kier molecular flexibility index (Phi) is 10.9. The van der Waals surface area contributed by atoms with Gasteiger partial charge in [-0.2, -0.15) is 0 Å². The van der Waals surface area contributed by atoms with E-state index in [0.29, 0.717) is 19.4 Å². The van der Waals surface area contributed by atoms with Crippen LogP contribution in [0, 0.1) is 0 Å². The number of ether oxygens (including phenoxy) is 3. The van der Waals surface area contributed by atoms with Crippen molar-refractivity contribution >= 4 is 18.2 Å². The molecule has 0 saturated carbocycles. The minimum absolute atomic E-state index is 0.00318. The second kappa shape index (κ2) is 14.2. The first kappa shape index (κ1) is 24.5. The van der Waals surface area contributed by atoms with Crippen molar-refractivity contribution in [2.75, 3.05) is 13.2 Å². The van der Waals surface area contributed by atoms with E-state index in [1.165, 1.54) is 0 Å². The third kappa shape index (κ3) is 9.80. The van der Waals surface area contributed by atoms with Gasteiger partial charge >= 0.3 is 18.2 Å². The predicted molar refractivity (Wildman–Crippen MR) is 118 cm³/mol. The van der Waals surface area contributed by atoms with E-state index in [0.717, 1.165) is 11.1 Å². The lowest BCUT2D eigenvalue weighted by Crippen LogP contribution is -2.29.